The van der Waals surface area contributed by atoms with Crippen molar-refractivity contribution in [1.29, 1.82) is 0 Å². The van der Waals surface area contributed by atoms with Crippen LogP contribution in [0, 0.1) is 12.1 Å². The smallest absolute Gasteiger partial charge is 0.495 e. The van der Waals surface area contributed by atoms with E-state index in [1.165, 1.54) is 16.8 Å². The van der Waals surface area contributed by atoms with Crippen LogP contribution in [0.1, 0.15) is 50.7 Å². The van der Waals surface area contributed by atoms with Crippen LogP contribution in [0.15, 0.2) is 126 Å². The fourth-order valence-electron chi connectivity index (χ4n) is 5.96. The molecule has 0 fully saturated rings. The minimum atomic E-state index is 0. The van der Waals surface area contributed by atoms with E-state index in [9.17, 15) is 0 Å². The fraction of sp³-hybridized carbons (Fsp3) is 0.146. The van der Waals surface area contributed by atoms with Gasteiger partial charge in [0, 0.05) is 61.1 Å². The first-order valence-corrected chi connectivity index (χ1v) is 15.7. The number of hydrogen-bond acceptors (Lipinski definition) is 3. The zero-order valence-electron chi connectivity index (χ0n) is 26.7. The molecule has 1 aliphatic heterocycles. The molecule has 4 aromatic carbocycles. The van der Waals surface area contributed by atoms with E-state index >= 15 is 0 Å². The molecule has 0 atom stereocenters. The van der Waals surface area contributed by atoms with Gasteiger partial charge in [0.25, 0.3) is 11.4 Å². The van der Waals surface area contributed by atoms with E-state index in [4.69, 9.17) is 4.42 Å². The molecule has 1 radical (unpaired) electrons. The Morgan fingerprint density at radius 3 is 2.02 bits per heavy atom. The third-order valence-electron chi connectivity index (χ3n) is 8.19. The Bertz CT molecular complexity index is 2190. The number of benzene rings is 4. The van der Waals surface area contributed by atoms with Gasteiger partial charge in [0.05, 0.1) is 5.58 Å². The summed E-state index contributed by atoms with van der Waals surface area (Å²) in [5, 5.41) is 2.03. The number of hydrogen-bond donors (Lipinski definition) is 0. The van der Waals surface area contributed by atoms with E-state index in [1.807, 2.05) is 66.7 Å². The van der Waals surface area contributed by atoms with E-state index in [1.54, 1.807) is 12.4 Å². The average Bonchev–Trinajstić information content (AvgIpc) is 3.68. The zero-order valence-corrected chi connectivity index (χ0v) is 29.1. The average molecular weight is 791 g/mol. The normalized spacial score (nSPS) is 12.0. The Balaban J connectivity index is 0.000000250. The summed E-state index contributed by atoms with van der Waals surface area (Å²) in [7, 11) is 0. The predicted octanol–water partition coefficient (Wildman–Crippen LogP) is 10.4. The van der Waals surface area contributed by atoms with Gasteiger partial charge < -0.3 is 9.40 Å². The molecule has 8 rings (SSSR count). The minimum Gasteiger partial charge on any atom is -0.495 e. The summed E-state index contributed by atoms with van der Waals surface area (Å²) in [5.74, 6) is 0.765. The van der Waals surface area contributed by atoms with Crippen LogP contribution in [0.4, 0.5) is 22.7 Å². The summed E-state index contributed by atoms with van der Waals surface area (Å²) >= 11 is 0. The molecule has 0 saturated carbocycles. The quantitative estimate of drug-likeness (QED) is 0.129. The van der Waals surface area contributed by atoms with Crippen molar-refractivity contribution in [3.63, 3.8) is 0 Å². The summed E-state index contributed by atoms with van der Waals surface area (Å²) in [5.41, 5.74) is 10.2. The van der Waals surface area contributed by atoms with Gasteiger partial charge in [0.1, 0.15) is 0 Å². The predicted molar refractivity (Wildman–Crippen MR) is 188 cm³/mol. The molecule has 7 aromatic rings. The topological polar surface area (TPSA) is 44.9 Å². The second-order valence-corrected chi connectivity index (χ2v) is 11.9. The number of aromatic nitrogens is 2. The maximum Gasteiger partial charge on any atom is 0.501 e. The first-order valence-electron chi connectivity index (χ1n) is 15.7. The molecule has 0 spiro atoms. The monoisotopic (exact) mass is 791 g/mol. The van der Waals surface area contributed by atoms with Gasteiger partial charge in [-0.1, -0.05) is 80.1 Å². The number of fused-ring (bicyclic) bond motifs is 4. The molecular weight excluding hydrogens is 757 g/mol. The SMILES string of the molecule is CC(C)c1cccc(C(C)C)c1[N+]1=C=[N+](c2[c-]ccc3c2oc2ncccc23)c2ccccc21.[Ir].[c-]1ccccc1-c1ccccn1. The first kappa shape index (κ1) is 32.0. The summed E-state index contributed by atoms with van der Waals surface area (Å²) in [6.07, 6.45) is 3.55. The molecule has 5 nitrogen and oxygen atoms in total. The van der Waals surface area contributed by atoms with Crippen LogP contribution in [-0.2, 0) is 20.1 Å². The Kier molecular flexibility index (Phi) is 9.38. The third-order valence-corrected chi connectivity index (χ3v) is 8.19. The van der Waals surface area contributed by atoms with E-state index in [0.717, 1.165) is 44.7 Å². The van der Waals surface area contributed by atoms with Gasteiger partial charge >= 0.3 is 6.01 Å². The molecule has 233 valence electrons. The first-order chi connectivity index (χ1) is 22.5. The van der Waals surface area contributed by atoms with E-state index in [0.29, 0.717) is 17.5 Å². The van der Waals surface area contributed by atoms with Crippen molar-refractivity contribution in [2.75, 3.05) is 0 Å². The van der Waals surface area contributed by atoms with Crippen molar-refractivity contribution in [1.82, 2.24) is 19.1 Å². The maximum absolute atomic E-state index is 6.23. The molecule has 3 aromatic heterocycles. The van der Waals surface area contributed by atoms with Gasteiger partial charge in [-0.2, -0.15) is 12.1 Å². The van der Waals surface area contributed by atoms with Crippen LogP contribution >= 0.6 is 0 Å². The van der Waals surface area contributed by atoms with Crippen LogP contribution in [0.2, 0.25) is 0 Å². The molecule has 0 aliphatic carbocycles. The zero-order chi connectivity index (χ0) is 31.6. The largest absolute Gasteiger partial charge is 0.501 e. The second-order valence-electron chi connectivity index (χ2n) is 11.9. The second kappa shape index (κ2) is 13.8. The number of pyridine rings is 2. The van der Waals surface area contributed by atoms with Gasteiger partial charge in [0.15, 0.2) is 5.69 Å². The Morgan fingerprint density at radius 1 is 0.638 bits per heavy atom. The Morgan fingerprint density at radius 2 is 1.34 bits per heavy atom. The van der Waals surface area contributed by atoms with E-state index < -0.39 is 0 Å². The summed E-state index contributed by atoms with van der Waals surface area (Å²) in [6, 6.07) is 46.9. The molecule has 0 saturated heterocycles. The molecule has 4 heterocycles. The van der Waals surface area contributed by atoms with Gasteiger partial charge in [0.2, 0.25) is 11.4 Å². The number of furan rings is 1. The molecule has 1 aliphatic rings. The molecule has 0 N–H and O–H groups in total. The molecular formula is C41H34IrN4O. The summed E-state index contributed by atoms with van der Waals surface area (Å²) < 4.78 is 10.5. The van der Waals surface area contributed by atoms with Crippen molar-refractivity contribution >= 4 is 50.8 Å². The summed E-state index contributed by atoms with van der Waals surface area (Å²) in [6.45, 7) is 8.99. The fourth-order valence-corrected chi connectivity index (χ4v) is 5.96. The van der Waals surface area contributed by atoms with Crippen molar-refractivity contribution in [2.24, 2.45) is 0 Å². The number of para-hydroxylation sites is 3. The number of rotatable bonds is 5. The van der Waals surface area contributed by atoms with Gasteiger partial charge in [-0.25, -0.2) is 4.98 Å². The van der Waals surface area contributed by atoms with Crippen LogP contribution < -0.4 is 9.15 Å². The van der Waals surface area contributed by atoms with E-state index in [-0.39, 0.29) is 20.1 Å². The molecule has 0 unspecified atom stereocenters. The Hall–Kier alpha value is -4.99. The number of nitrogens with zero attached hydrogens (tertiary/aromatic N) is 4. The van der Waals surface area contributed by atoms with E-state index in [2.05, 4.69) is 107 Å². The van der Waals surface area contributed by atoms with Crippen molar-refractivity contribution in [3.05, 3.63) is 145 Å². The van der Waals surface area contributed by atoms with Crippen molar-refractivity contribution in [2.45, 2.75) is 39.5 Å². The van der Waals surface area contributed by atoms with Gasteiger partial charge in [-0.05, 0) is 40.3 Å². The third kappa shape index (κ3) is 6.12. The molecule has 6 heteroatoms. The molecule has 47 heavy (non-hydrogen) atoms. The van der Waals surface area contributed by atoms with Crippen LogP contribution in [-0.4, -0.2) is 16.0 Å². The van der Waals surface area contributed by atoms with Gasteiger partial charge in [-0.3, -0.25) is 0 Å². The van der Waals surface area contributed by atoms with Crippen LogP contribution in [0.5, 0.6) is 0 Å². The summed E-state index contributed by atoms with van der Waals surface area (Å²) in [4.78, 5) is 8.64. The van der Waals surface area contributed by atoms with Crippen LogP contribution in [0.25, 0.3) is 33.3 Å². The maximum atomic E-state index is 6.23. The standard InChI is InChI=1S/C30H26N3O.C11H8N.Ir/c1-19(2)21-10-7-11-22(20(3)4)28(21)33-18-32(25-14-5-6-15-26(25)33)27-16-8-12-23-24-13-9-17-31-30(24)34-29(23)27;1-2-6-10(7-3-1)11-8-4-5-9-12-11;/h5-15,17,19-20H,1-4H3;1-6,8-9H;/q+1;-1;. The molecule has 0 bridgehead atoms. The van der Waals surface area contributed by atoms with Crippen molar-refractivity contribution in [3.8, 4) is 11.3 Å². The Labute approximate surface area is 289 Å². The van der Waals surface area contributed by atoms with Crippen molar-refractivity contribution < 1.29 is 24.5 Å². The van der Waals surface area contributed by atoms with Gasteiger partial charge in [-0.15, -0.1) is 42.0 Å². The molecule has 0 amide bonds. The van der Waals surface area contributed by atoms with Crippen LogP contribution in [0.3, 0.4) is 0 Å². The minimum absolute atomic E-state index is 0.